The number of aryl methyl sites for hydroxylation is 1. The first-order valence-corrected chi connectivity index (χ1v) is 9.92. The predicted octanol–water partition coefficient (Wildman–Crippen LogP) is 0.986. The second-order valence-corrected chi connectivity index (χ2v) is 7.57. The average molecular weight is 371 g/mol. The van der Waals surface area contributed by atoms with Crippen molar-refractivity contribution < 1.29 is 9.53 Å². The number of carbonyl (C=O) groups excluding carboxylic acids is 1. The summed E-state index contributed by atoms with van der Waals surface area (Å²) in [4.78, 5) is 21.6. The fourth-order valence-electron chi connectivity index (χ4n) is 3.93. The number of rotatable bonds is 6. The van der Waals surface area contributed by atoms with E-state index in [1.807, 2.05) is 6.07 Å². The van der Waals surface area contributed by atoms with Gasteiger partial charge in [0.25, 0.3) is 0 Å². The first-order valence-electron chi connectivity index (χ1n) is 9.92. The average Bonchev–Trinajstić information content (AvgIpc) is 3.31. The molecular formula is C20H29N5O2. The topological polar surface area (TPSA) is 62.6 Å². The van der Waals surface area contributed by atoms with Crippen LogP contribution in [-0.2, 0) is 23.1 Å². The van der Waals surface area contributed by atoms with Gasteiger partial charge in [-0.25, -0.2) is 4.98 Å². The Kier molecular flexibility index (Phi) is 5.71. The molecule has 27 heavy (non-hydrogen) atoms. The van der Waals surface area contributed by atoms with E-state index in [2.05, 4.69) is 44.9 Å². The Morgan fingerprint density at radius 1 is 1.22 bits per heavy atom. The summed E-state index contributed by atoms with van der Waals surface area (Å²) in [6.07, 6.45) is 2.37. The van der Waals surface area contributed by atoms with Crippen molar-refractivity contribution in [3.05, 3.63) is 30.1 Å². The smallest absolute Gasteiger partial charge is 0.234 e. The fraction of sp³-hybridized carbons (Fsp3) is 0.600. The highest BCUT2D eigenvalue weighted by Crippen LogP contribution is 2.16. The summed E-state index contributed by atoms with van der Waals surface area (Å²) in [6.45, 7) is 6.55. The highest BCUT2D eigenvalue weighted by Gasteiger charge is 2.21. The van der Waals surface area contributed by atoms with E-state index < -0.39 is 0 Å². The third-order valence-electron chi connectivity index (χ3n) is 5.63. The number of carbonyl (C=O) groups is 1. The molecule has 2 fully saturated rings. The van der Waals surface area contributed by atoms with Crippen LogP contribution in [0, 0.1) is 0 Å². The Balaban J connectivity index is 1.22. The molecule has 0 bridgehead atoms. The Bertz CT molecular complexity index is 776. The van der Waals surface area contributed by atoms with Gasteiger partial charge in [0.05, 0.1) is 30.2 Å². The lowest BCUT2D eigenvalue weighted by molar-refractivity contribution is -0.123. The van der Waals surface area contributed by atoms with Gasteiger partial charge in [-0.2, -0.15) is 0 Å². The zero-order valence-corrected chi connectivity index (χ0v) is 16.1. The highest BCUT2D eigenvalue weighted by atomic mass is 16.5. The van der Waals surface area contributed by atoms with Gasteiger partial charge in [-0.05, 0) is 25.0 Å². The maximum atomic E-state index is 12.1. The summed E-state index contributed by atoms with van der Waals surface area (Å²) in [5.74, 6) is 1.20. The number of nitrogens with zero attached hydrogens (tertiary/aromatic N) is 4. The van der Waals surface area contributed by atoms with Gasteiger partial charge < -0.3 is 14.6 Å². The van der Waals surface area contributed by atoms with Crippen LogP contribution in [0.2, 0.25) is 0 Å². The Morgan fingerprint density at radius 2 is 2.00 bits per heavy atom. The summed E-state index contributed by atoms with van der Waals surface area (Å²) < 4.78 is 7.73. The van der Waals surface area contributed by atoms with Crippen molar-refractivity contribution in [2.75, 3.05) is 45.9 Å². The molecule has 1 aromatic carbocycles. The van der Waals surface area contributed by atoms with Crippen molar-refractivity contribution >= 4 is 16.9 Å². The standard InChI is InChI=1S/C20H29N5O2/c1-23-18-7-3-2-6-17(18)22-19(23)14-24-8-10-25(11-9-24)15-20(26)21-13-16-5-4-12-27-16/h2-3,6-7,16H,4-5,8-15H2,1H3,(H,21,26)/t16-/m0/s1. The van der Waals surface area contributed by atoms with Gasteiger partial charge in [-0.3, -0.25) is 14.6 Å². The molecule has 0 radical (unpaired) electrons. The third-order valence-corrected chi connectivity index (χ3v) is 5.63. The van der Waals surface area contributed by atoms with Crippen LogP contribution in [0.5, 0.6) is 0 Å². The van der Waals surface area contributed by atoms with Crippen LogP contribution in [0.4, 0.5) is 0 Å². The molecule has 3 heterocycles. The molecule has 0 aliphatic carbocycles. The molecule has 0 spiro atoms. The van der Waals surface area contributed by atoms with E-state index in [1.54, 1.807) is 0 Å². The maximum absolute atomic E-state index is 12.1. The van der Waals surface area contributed by atoms with Gasteiger partial charge in [0.2, 0.25) is 5.91 Å². The van der Waals surface area contributed by atoms with Gasteiger partial charge in [-0.15, -0.1) is 0 Å². The van der Waals surface area contributed by atoms with Gasteiger partial charge in [0.15, 0.2) is 0 Å². The number of hydrogen-bond donors (Lipinski definition) is 1. The molecule has 2 saturated heterocycles. The van der Waals surface area contributed by atoms with Crippen molar-refractivity contribution in [3.63, 3.8) is 0 Å². The predicted molar refractivity (Wildman–Crippen MR) is 104 cm³/mol. The van der Waals surface area contributed by atoms with Gasteiger partial charge in [0, 0.05) is 46.4 Å². The summed E-state index contributed by atoms with van der Waals surface area (Å²) in [5.41, 5.74) is 2.23. The van der Waals surface area contributed by atoms with Crippen molar-refractivity contribution in [2.24, 2.45) is 7.05 Å². The Labute approximate surface area is 160 Å². The van der Waals surface area contributed by atoms with Crippen LogP contribution in [-0.4, -0.2) is 77.2 Å². The second-order valence-electron chi connectivity index (χ2n) is 7.57. The molecule has 2 aliphatic rings. The van der Waals surface area contributed by atoms with Crippen LogP contribution < -0.4 is 5.32 Å². The molecule has 0 saturated carbocycles. The largest absolute Gasteiger partial charge is 0.376 e. The Hall–Kier alpha value is -1.96. The maximum Gasteiger partial charge on any atom is 0.234 e. The molecule has 7 heteroatoms. The van der Waals surface area contributed by atoms with Gasteiger partial charge in [-0.1, -0.05) is 12.1 Å². The zero-order valence-electron chi connectivity index (χ0n) is 16.1. The minimum atomic E-state index is 0.106. The number of benzene rings is 1. The summed E-state index contributed by atoms with van der Waals surface area (Å²) in [7, 11) is 2.08. The van der Waals surface area contributed by atoms with Crippen LogP contribution in [0.25, 0.3) is 11.0 Å². The highest BCUT2D eigenvalue weighted by molar-refractivity contribution is 5.78. The fourth-order valence-corrected chi connectivity index (χ4v) is 3.93. The third kappa shape index (κ3) is 4.48. The van der Waals surface area contributed by atoms with Crippen LogP contribution >= 0.6 is 0 Å². The summed E-state index contributed by atoms with van der Waals surface area (Å²) in [6, 6.07) is 8.25. The van der Waals surface area contributed by atoms with E-state index in [0.29, 0.717) is 13.1 Å². The molecule has 7 nitrogen and oxygen atoms in total. The molecular weight excluding hydrogens is 342 g/mol. The second kappa shape index (κ2) is 8.37. The van der Waals surface area contributed by atoms with E-state index >= 15 is 0 Å². The quantitative estimate of drug-likeness (QED) is 0.820. The normalized spacial score (nSPS) is 21.7. The number of aromatic nitrogens is 2. The lowest BCUT2D eigenvalue weighted by atomic mass is 10.2. The number of imidazole rings is 1. The van der Waals surface area contributed by atoms with Crippen molar-refractivity contribution in [1.29, 1.82) is 0 Å². The molecule has 2 aliphatic heterocycles. The van der Waals surface area contributed by atoms with Crippen LogP contribution in [0.1, 0.15) is 18.7 Å². The number of hydrogen-bond acceptors (Lipinski definition) is 5. The van der Waals surface area contributed by atoms with Crippen LogP contribution in [0.15, 0.2) is 24.3 Å². The lowest BCUT2D eigenvalue weighted by Crippen LogP contribution is -2.49. The first kappa shape index (κ1) is 18.4. The van der Waals surface area contributed by atoms with Gasteiger partial charge in [0.1, 0.15) is 5.82 Å². The molecule has 2 aromatic rings. The van der Waals surface area contributed by atoms with Crippen LogP contribution in [0.3, 0.4) is 0 Å². The SMILES string of the molecule is Cn1c(CN2CCN(CC(=O)NC[C@@H]3CCCO3)CC2)nc2ccccc21. The Morgan fingerprint density at radius 3 is 2.74 bits per heavy atom. The van der Waals surface area contributed by atoms with Crippen molar-refractivity contribution in [3.8, 4) is 0 Å². The van der Waals surface area contributed by atoms with Gasteiger partial charge >= 0.3 is 0 Å². The number of nitrogens with one attached hydrogen (secondary N) is 1. The number of ether oxygens (including phenoxy) is 1. The monoisotopic (exact) mass is 371 g/mol. The van der Waals surface area contributed by atoms with E-state index in [4.69, 9.17) is 9.72 Å². The van der Waals surface area contributed by atoms with Crippen molar-refractivity contribution in [2.45, 2.75) is 25.5 Å². The number of fused-ring (bicyclic) bond motifs is 1. The number of piperazine rings is 1. The molecule has 1 amide bonds. The summed E-state index contributed by atoms with van der Waals surface area (Å²) in [5, 5.41) is 3.01. The van der Waals surface area contributed by atoms with E-state index in [9.17, 15) is 4.79 Å². The number of amides is 1. The first-order chi connectivity index (χ1) is 13.2. The lowest BCUT2D eigenvalue weighted by Gasteiger charge is -2.34. The van der Waals surface area contributed by atoms with E-state index in [1.165, 1.54) is 5.52 Å². The zero-order chi connectivity index (χ0) is 18.6. The molecule has 4 rings (SSSR count). The van der Waals surface area contributed by atoms with Crippen molar-refractivity contribution in [1.82, 2.24) is 24.7 Å². The minimum absolute atomic E-state index is 0.106. The molecule has 1 N–H and O–H groups in total. The molecule has 146 valence electrons. The number of para-hydroxylation sites is 2. The summed E-state index contributed by atoms with van der Waals surface area (Å²) >= 11 is 0. The minimum Gasteiger partial charge on any atom is -0.376 e. The molecule has 1 atom stereocenters. The molecule has 1 aromatic heterocycles. The van der Waals surface area contributed by atoms with E-state index in [0.717, 1.165) is 63.5 Å². The molecule has 0 unspecified atom stereocenters. The van der Waals surface area contributed by atoms with E-state index in [-0.39, 0.29) is 12.0 Å².